The Morgan fingerprint density at radius 3 is 2.38 bits per heavy atom. The molecule has 0 aliphatic carbocycles. The molecule has 72 valence electrons. The maximum atomic E-state index is 13.0. The summed E-state index contributed by atoms with van der Waals surface area (Å²) in [6.45, 7) is 0. The Morgan fingerprint density at radius 1 is 1.23 bits per heavy atom. The molecule has 0 atom stereocenters. The van der Waals surface area contributed by atoms with E-state index in [1.165, 1.54) is 12.1 Å². The van der Waals surface area contributed by atoms with Crippen molar-refractivity contribution in [2.45, 2.75) is 10.4 Å². The lowest BCUT2D eigenvalue weighted by Gasteiger charge is -2.06. The van der Waals surface area contributed by atoms with Gasteiger partial charge in [0, 0.05) is 0 Å². The fourth-order valence-electron chi connectivity index (χ4n) is 0.688. The van der Waals surface area contributed by atoms with Gasteiger partial charge in [-0.1, -0.05) is 6.07 Å². The molecule has 1 rings (SSSR count). The summed E-state index contributed by atoms with van der Waals surface area (Å²) < 4.78 is 48.5. The van der Waals surface area contributed by atoms with Crippen molar-refractivity contribution < 1.29 is 17.6 Å². The number of alkyl halides is 3. The van der Waals surface area contributed by atoms with Crippen molar-refractivity contribution in [3.8, 4) is 0 Å². The van der Waals surface area contributed by atoms with E-state index < -0.39 is 28.0 Å². The van der Waals surface area contributed by atoms with Crippen LogP contribution in [0.2, 0.25) is 0 Å². The van der Waals surface area contributed by atoms with E-state index in [1.54, 1.807) is 0 Å². The van der Waals surface area contributed by atoms with Gasteiger partial charge in [0.1, 0.15) is 0 Å². The zero-order valence-electron chi connectivity index (χ0n) is 6.03. The Labute approximate surface area is 84.4 Å². The number of halogens is 5. The molecular formula is C7H3BrF4S. The van der Waals surface area contributed by atoms with Crippen LogP contribution in [0.5, 0.6) is 0 Å². The highest BCUT2D eigenvalue weighted by atomic mass is 79.9. The van der Waals surface area contributed by atoms with Crippen LogP contribution in [-0.4, -0.2) is 5.51 Å². The van der Waals surface area contributed by atoms with Gasteiger partial charge in [-0.3, -0.25) is 0 Å². The van der Waals surface area contributed by atoms with E-state index in [2.05, 4.69) is 15.9 Å². The fraction of sp³-hybridized carbons (Fsp3) is 0.143. The molecule has 0 fully saturated rings. The second-order valence-electron chi connectivity index (χ2n) is 2.10. The Kier molecular flexibility index (Phi) is 3.23. The van der Waals surface area contributed by atoms with Crippen molar-refractivity contribution in [3.05, 3.63) is 28.5 Å². The summed E-state index contributed by atoms with van der Waals surface area (Å²) in [5.41, 5.74) is -4.46. The van der Waals surface area contributed by atoms with Crippen molar-refractivity contribution >= 4 is 27.7 Å². The number of rotatable bonds is 1. The van der Waals surface area contributed by atoms with Crippen molar-refractivity contribution in [3.63, 3.8) is 0 Å². The van der Waals surface area contributed by atoms with Gasteiger partial charge in [-0.15, -0.1) is 0 Å². The predicted molar refractivity (Wildman–Crippen MR) is 46.0 cm³/mol. The summed E-state index contributed by atoms with van der Waals surface area (Å²) in [7, 11) is 0. The SMILES string of the molecule is Fc1c(Br)cccc1SC(F)(F)F. The molecule has 0 nitrogen and oxygen atoms in total. The summed E-state index contributed by atoms with van der Waals surface area (Å²) in [4.78, 5) is -0.429. The van der Waals surface area contributed by atoms with E-state index >= 15 is 0 Å². The summed E-state index contributed by atoms with van der Waals surface area (Å²) in [5.74, 6) is -0.884. The first-order valence-electron chi connectivity index (χ1n) is 3.10. The van der Waals surface area contributed by atoms with Gasteiger partial charge in [0.15, 0.2) is 5.82 Å². The van der Waals surface area contributed by atoms with Crippen molar-refractivity contribution in [2.24, 2.45) is 0 Å². The minimum absolute atomic E-state index is 0.0294. The largest absolute Gasteiger partial charge is 0.446 e. The second kappa shape index (κ2) is 3.88. The molecule has 1 aromatic rings. The molecule has 0 spiro atoms. The first-order chi connectivity index (χ1) is 5.90. The lowest BCUT2D eigenvalue weighted by atomic mass is 10.3. The number of hydrogen-bond acceptors (Lipinski definition) is 1. The average molecular weight is 275 g/mol. The molecular weight excluding hydrogens is 272 g/mol. The maximum absolute atomic E-state index is 13.0. The Balaban J connectivity index is 2.96. The first-order valence-corrected chi connectivity index (χ1v) is 4.71. The van der Waals surface area contributed by atoms with Gasteiger partial charge in [-0.05, 0) is 39.8 Å². The van der Waals surface area contributed by atoms with E-state index in [0.717, 1.165) is 6.07 Å². The standard InChI is InChI=1S/C7H3BrF4S/c8-4-2-1-3-5(6(4)9)13-7(10,11)12/h1-3H. The molecule has 0 saturated heterocycles. The van der Waals surface area contributed by atoms with Crippen LogP contribution in [0.4, 0.5) is 17.6 Å². The Bertz CT molecular complexity index is 310. The van der Waals surface area contributed by atoms with Crippen LogP contribution in [-0.2, 0) is 0 Å². The van der Waals surface area contributed by atoms with Crippen molar-refractivity contribution in [1.29, 1.82) is 0 Å². The third kappa shape index (κ3) is 3.19. The molecule has 0 aromatic heterocycles. The van der Waals surface area contributed by atoms with Crippen LogP contribution < -0.4 is 0 Å². The van der Waals surface area contributed by atoms with Crippen molar-refractivity contribution in [2.75, 3.05) is 0 Å². The highest BCUT2D eigenvalue weighted by Gasteiger charge is 2.30. The van der Waals surface area contributed by atoms with Gasteiger partial charge < -0.3 is 0 Å². The molecule has 0 heterocycles. The van der Waals surface area contributed by atoms with Crippen LogP contribution >= 0.6 is 27.7 Å². The molecule has 0 aliphatic heterocycles. The molecule has 1 aromatic carbocycles. The maximum Gasteiger partial charge on any atom is 0.446 e. The minimum Gasteiger partial charge on any atom is -0.205 e. The predicted octanol–water partition coefficient (Wildman–Crippen LogP) is 4.20. The van der Waals surface area contributed by atoms with E-state index in [4.69, 9.17) is 0 Å². The summed E-state index contributed by atoms with van der Waals surface area (Å²) in [6.07, 6.45) is 0. The van der Waals surface area contributed by atoms with E-state index in [9.17, 15) is 17.6 Å². The zero-order valence-corrected chi connectivity index (χ0v) is 8.43. The molecule has 0 saturated carbocycles. The van der Waals surface area contributed by atoms with Gasteiger partial charge in [-0.25, -0.2) is 4.39 Å². The minimum atomic E-state index is -4.46. The second-order valence-corrected chi connectivity index (χ2v) is 4.06. The third-order valence-electron chi connectivity index (χ3n) is 1.14. The van der Waals surface area contributed by atoms with Crippen molar-refractivity contribution in [1.82, 2.24) is 0 Å². The monoisotopic (exact) mass is 274 g/mol. The number of benzene rings is 1. The average Bonchev–Trinajstić information content (AvgIpc) is 1.96. The van der Waals surface area contributed by atoms with Gasteiger partial charge >= 0.3 is 5.51 Å². The normalized spacial score (nSPS) is 11.8. The molecule has 0 radical (unpaired) electrons. The summed E-state index contributed by atoms with van der Waals surface area (Å²) in [5, 5.41) is 0. The molecule has 0 bridgehead atoms. The first kappa shape index (κ1) is 10.8. The Hall–Kier alpha value is -0.230. The number of thioether (sulfide) groups is 1. The van der Waals surface area contributed by atoms with E-state index in [-0.39, 0.29) is 4.47 Å². The molecule has 6 heteroatoms. The summed E-state index contributed by atoms with van der Waals surface area (Å²) in [6, 6.07) is 3.77. The zero-order chi connectivity index (χ0) is 10.1. The van der Waals surface area contributed by atoms with Gasteiger partial charge in [0.2, 0.25) is 0 Å². The van der Waals surface area contributed by atoms with Crippen LogP contribution in [0.3, 0.4) is 0 Å². The highest BCUT2D eigenvalue weighted by molar-refractivity contribution is 9.10. The number of hydrogen-bond donors (Lipinski definition) is 0. The molecule has 0 N–H and O–H groups in total. The molecule has 0 aliphatic rings. The lowest BCUT2D eigenvalue weighted by molar-refractivity contribution is -0.0329. The summed E-state index contributed by atoms with van der Waals surface area (Å²) >= 11 is 2.33. The van der Waals surface area contributed by atoms with Gasteiger partial charge in [-0.2, -0.15) is 13.2 Å². The highest BCUT2D eigenvalue weighted by Crippen LogP contribution is 2.39. The molecule has 0 amide bonds. The molecule has 13 heavy (non-hydrogen) atoms. The molecule has 0 unspecified atom stereocenters. The fourth-order valence-corrected chi connectivity index (χ4v) is 1.78. The van der Waals surface area contributed by atoms with Gasteiger partial charge in [0.25, 0.3) is 0 Å². The van der Waals surface area contributed by atoms with Crippen LogP contribution in [0.25, 0.3) is 0 Å². The topological polar surface area (TPSA) is 0 Å². The van der Waals surface area contributed by atoms with Crippen LogP contribution in [0, 0.1) is 5.82 Å². The van der Waals surface area contributed by atoms with Crippen LogP contribution in [0.1, 0.15) is 0 Å². The quantitative estimate of drug-likeness (QED) is 0.546. The van der Waals surface area contributed by atoms with Crippen LogP contribution in [0.15, 0.2) is 27.6 Å². The Morgan fingerprint density at radius 2 is 1.85 bits per heavy atom. The third-order valence-corrected chi connectivity index (χ3v) is 2.52. The van der Waals surface area contributed by atoms with E-state index in [0.29, 0.717) is 0 Å². The lowest BCUT2D eigenvalue weighted by Crippen LogP contribution is -2.00. The smallest absolute Gasteiger partial charge is 0.205 e. The van der Waals surface area contributed by atoms with E-state index in [1.807, 2.05) is 0 Å². The van der Waals surface area contributed by atoms with Gasteiger partial charge in [0.05, 0.1) is 9.37 Å².